The summed E-state index contributed by atoms with van der Waals surface area (Å²) in [6, 6.07) is -0.885. The molecule has 88 heavy (non-hydrogen) atoms. The van der Waals surface area contributed by atoms with Crippen molar-refractivity contribution in [1.29, 1.82) is 0 Å². The minimum atomic E-state index is -4.70. The second kappa shape index (κ2) is 68.1. The molecule has 0 saturated heterocycles. The Balaban J connectivity index is 4.92. The van der Waals surface area contributed by atoms with E-state index in [4.69, 9.17) is 13.8 Å². The smallest absolute Gasteiger partial charge is 0.306 e. The maximum atomic E-state index is 13.6. The number of quaternary nitrogens is 1. The third-order valence-electron chi connectivity index (χ3n) is 17.8. The van der Waals surface area contributed by atoms with Crippen LogP contribution in [0.25, 0.3) is 0 Å². The van der Waals surface area contributed by atoms with Crippen LogP contribution in [0.2, 0.25) is 0 Å². The zero-order chi connectivity index (χ0) is 64.2. The quantitative estimate of drug-likeness (QED) is 0.0212. The summed E-state index contributed by atoms with van der Waals surface area (Å²) >= 11 is 0. The number of likely N-dealkylation sites (N-methyl/N-ethyl adjacent to an activating group) is 1. The van der Waals surface area contributed by atoms with E-state index in [0.29, 0.717) is 17.4 Å². The van der Waals surface area contributed by atoms with Crippen molar-refractivity contribution < 1.29 is 37.3 Å². The molecule has 0 aromatic rings. The van der Waals surface area contributed by atoms with Gasteiger partial charge in [0.25, 0.3) is 7.82 Å². The van der Waals surface area contributed by atoms with E-state index in [1.54, 1.807) is 0 Å². The molecular formula is C78H151N2O7P. The van der Waals surface area contributed by atoms with E-state index >= 15 is 0 Å². The third-order valence-corrected chi connectivity index (χ3v) is 18.8. The van der Waals surface area contributed by atoms with Crippen LogP contribution >= 0.6 is 7.82 Å². The number of phosphoric ester groups is 1. The van der Waals surface area contributed by atoms with Crippen molar-refractivity contribution in [2.24, 2.45) is 0 Å². The van der Waals surface area contributed by atoms with Crippen LogP contribution in [0.1, 0.15) is 400 Å². The molecule has 0 aromatic carbocycles. The average Bonchev–Trinajstić information content (AvgIpc) is 3.71. The van der Waals surface area contributed by atoms with E-state index in [2.05, 4.69) is 50.4 Å². The van der Waals surface area contributed by atoms with E-state index in [0.717, 1.165) is 64.2 Å². The second-order valence-corrected chi connectivity index (χ2v) is 29.3. The van der Waals surface area contributed by atoms with Crippen molar-refractivity contribution in [1.82, 2.24) is 5.32 Å². The Bertz CT molecular complexity index is 1600. The first-order valence-electron chi connectivity index (χ1n) is 38.8. The Kier molecular flexibility index (Phi) is 66.7. The van der Waals surface area contributed by atoms with Crippen LogP contribution in [0.3, 0.4) is 0 Å². The lowest BCUT2D eigenvalue weighted by molar-refractivity contribution is -0.870. The number of rotatable bonds is 72. The number of esters is 1. The van der Waals surface area contributed by atoms with E-state index in [9.17, 15) is 19.0 Å². The van der Waals surface area contributed by atoms with E-state index in [1.807, 2.05) is 33.3 Å². The number of phosphoric acid groups is 1. The number of nitrogens with zero attached hydrogens (tertiary/aromatic N) is 1. The van der Waals surface area contributed by atoms with Crippen molar-refractivity contribution in [2.45, 2.75) is 412 Å². The van der Waals surface area contributed by atoms with Crippen LogP contribution in [-0.2, 0) is 27.9 Å². The molecule has 0 rings (SSSR count). The maximum Gasteiger partial charge on any atom is 0.306 e. The van der Waals surface area contributed by atoms with Gasteiger partial charge in [-0.05, 0) is 63.9 Å². The molecule has 0 bridgehead atoms. The monoisotopic (exact) mass is 1260 g/mol. The zero-order valence-electron chi connectivity index (χ0n) is 59.7. The third kappa shape index (κ3) is 68.6. The summed E-state index contributed by atoms with van der Waals surface area (Å²) in [5, 5.41) is 3.06. The summed E-state index contributed by atoms with van der Waals surface area (Å²) < 4.78 is 30.5. The van der Waals surface area contributed by atoms with Crippen molar-refractivity contribution in [3.63, 3.8) is 0 Å². The maximum absolute atomic E-state index is 13.6. The molecule has 0 saturated carbocycles. The van der Waals surface area contributed by atoms with Crippen LogP contribution in [0.5, 0.6) is 0 Å². The number of allylic oxidation sites excluding steroid dienone is 5. The molecule has 0 aromatic heterocycles. The van der Waals surface area contributed by atoms with Gasteiger partial charge in [0, 0.05) is 12.8 Å². The Morgan fingerprint density at radius 3 is 1.05 bits per heavy atom. The minimum Gasteiger partial charge on any atom is -0.756 e. The molecular weight excluding hydrogens is 1110 g/mol. The first kappa shape index (κ1) is 86.2. The number of ether oxygens (including phenoxy) is 1. The average molecular weight is 1260 g/mol. The largest absolute Gasteiger partial charge is 0.756 e. The highest BCUT2D eigenvalue weighted by molar-refractivity contribution is 7.45. The van der Waals surface area contributed by atoms with Gasteiger partial charge in [0.05, 0.1) is 33.8 Å². The van der Waals surface area contributed by atoms with Crippen LogP contribution in [0.4, 0.5) is 0 Å². The van der Waals surface area contributed by atoms with Gasteiger partial charge in [0.15, 0.2) is 0 Å². The molecule has 0 aliphatic rings. The van der Waals surface area contributed by atoms with Gasteiger partial charge >= 0.3 is 5.97 Å². The van der Waals surface area contributed by atoms with Crippen molar-refractivity contribution in [3.8, 4) is 0 Å². The SMILES string of the molecule is CCCCC/C=C\C/C=C\CCCCCCCCCCCCCCCCCC(=O)NC(COP(=O)([O-])OCC[N+](C)(C)C)C(/C=C/CCCCCCCCCCCC)OC(=O)CCCCCCCCCCCCCCCCCCCCCCCCCCC. The second-order valence-electron chi connectivity index (χ2n) is 27.9. The topological polar surface area (TPSA) is 114 Å². The first-order valence-corrected chi connectivity index (χ1v) is 40.3. The first-order chi connectivity index (χ1) is 42.9. The highest BCUT2D eigenvalue weighted by Gasteiger charge is 2.27. The lowest BCUT2D eigenvalue weighted by Crippen LogP contribution is -2.47. The number of unbranched alkanes of at least 4 members (excludes halogenated alkanes) is 52. The summed E-state index contributed by atoms with van der Waals surface area (Å²) in [5.74, 6) is -0.517. The molecule has 0 fully saturated rings. The molecule has 520 valence electrons. The van der Waals surface area contributed by atoms with Crippen molar-refractivity contribution in [2.75, 3.05) is 40.9 Å². The Morgan fingerprint density at radius 2 is 0.693 bits per heavy atom. The minimum absolute atomic E-state index is 0.0188. The Morgan fingerprint density at radius 1 is 0.398 bits per heavy atom. The Hall–Kier alpha value is -1.77. The highest BCUT2D eigenvalue weighted by atomic mass is 31.2. The number of carbonyl (C=O) groups is 2. The summed E-state index contributed by atoms with van der Waals surface area (Å²) in [6.45, 7) is 6.90. The normalized spacial score (nSPS) is 13.6. The fourth-order valence-corrected chi connectivity index (χ4v) is 12.6. The predicted octanol–water partition coefficient (Wildman–Crippen LogP) is 24.3. The molecule has 0 aliphatic heterocycles. The molecule has 9 nitrogen and oxygen atoms in total. The van der Waals surface area contributed by atoms with Gasteiger partial charge in [-0.2, -0.15) is 0 Å². The molecule has 1 amide bonds. The van der Waals surface area contributed by atoms with E-state index < -0.39 is 20.0 Å². The van der Waals surface area contributed by atoms with Gasteiger partial charge in [-0.15, -0.1) is 0 Å². The molecule has 3 unspecified atom stereocenters. The lowest BCUT2D eigenvalue weighted by Gasteiger charge is -2.30. The van der Waals surface area contributed by atoms with Crippen LogP contribution < -0.4 is 10.2 Å². The van der Waals surface area contributed by atoms with Gasteiger partial charge in [-0.3, -0.25) is 14.2 Å². The van der Waals surface area contributed by atoms with E-state index in [-0.39, 0.29) is 31.5 Å². The zero-order valence-corrected chi connectivity index (χ0v) is 60.6. The van der Waals surface area contributed by atoms with Gasteiger partial charge < -0.3 is 28.5 Å². The van der Waals surface area contributed by atoms with Crippen LogP contribution in [0, 0.1) is 0 Å². The molecule has 3 atom stereocenters. The highest BCUT2D eigenvalue weighted by Crippen LogP contribution is 2.38. The van der Waals surface area contributed by atoms with Gasteiger partial charge in [0.2, 0.25) is 5.91 Å². The fourth-order valence-electron chi connectivity index (χ4n) is 11.9. The predicted molar refractivity (Wildman–Crippen MR) is 381 cm³/mol. The van der Waals surface area contributed by atoms with Gasteiger partial charge in [0.1, 0.15) is 19.3 Å². The molecule has 10 heteroatoms. The van der Waals surface area contributed by atoms with Crippen LogP contribution in [-0.4, -0.2) is 69.4 Å². The number of hydrogen-bond donors (Lipinski definition) is 1. The lowest BCUT2D eigenvalue weighted by atomic mass is 10.0. The molecule has 0 aliphatic carbocycles. The molecule has 0 spiro atoms. The fraction of sp³-hybridized carbons (Fsp3) is 0.897. The number of amides is 1. The summed E-state index contributed by atoms with van der Waals surface area (Å²) in [7, 11) is 1.21. The number of hydrogen-bond acceptors (Lipinski definition) is 7. The van der Waals surface area contributed by atoms with E-state index in [1.165, 1.54) is 302 Å². The number of nitrogens with one attached hydrogen (secondary N) is 1. The number of carbonyl (C=O) groups excluding carboxylic acids is 2. The van der Waals surface area contributed by atoms with Gasteiger partial charge in [-0.1, -0.05) is 359 Å². The molecule has 0 radical (unpaired) electrons. The summed E-state index contributed by atoms with van der Waals surface area (Å²) in [4.78, 5) is 40.3. The Labute approximate surface area is 548 Å². The summed E-state index contributed by atoms with van der Waals surface area (Å²) in [5.41, 5.74) is 0. The van der Waals surface area contributed by atoms with Gasteiger partial charge in [-0.25, -0.2) is 0 Å². The molecule has 1 N–H and O–H groups in total. The van der Waals surface area contributed by atoms with Crippen LogP contribution in [0.15, 0.2) is 36.5 Å². The van der Waals surface area contributed by atoms with Crippen molar-refractivity contribution >= 4 is 19.7 Å². The molecule has 0 heterocycles. The standard InChI is InChI=1S/C78H151N2O7P/c1-7-10-13-16-19-22-25-28-30-32-34-36-38-40-42-44-46-48-50-52-55-58-61-64-67-70-77(81)79-75(74-86-88(83,84)85-73-72-80(4,5)6)76(69-66-63-60-57-54-27-24-21-18-15-12-9-3)87-78(82)71-68-65-62-59-56-53-51-49-47-45-43-41-39-37-35-33-31-29-26-23-20-17-14-11-8-2/h19,22,28,30,66,69,75-76H,7-18,20-21,23-27,29,31-65,67-68,70-74H2,1-6H3,(H-,79,81,83,84)/b22-19-,30-28-,69-66+. The summed E-state index contributed by atoms with van der Waals surface area (Å²) in [6.07, 6.45) is 85.7. The van der Waals surface area contributed by atoms with Crippen molar-refractivity contribution in [3.05, 3.63) is 36.5 Å².